The normalized spacial score (nSPS) is 10.6. The number of carboxylic acid groups (broad SMARTS) is 1. The number of fused-ring (bicyclic) bond motifs is 1. The molecule has 0 amide bonds. The molecule has 0 bridgehead atoms. The number of carbonyl (C=O) groups is 1. The van der Waals surface area contributed by atoms with Gasteiger partial charge in [-0.15, -0.1) is 0 Å². The first-order valence-electron chi connectivity index (χ1n) is 4.55. The molecule has 0 saturated heterocycles. The van der Waals surface area contributed by atoms with Crippen LogP contribution in [-0.4, -0.2) is 16.1 Å². The van der Waals surface area contributed by atoms with Gasteiger partial charge in [0.15, 0.2) is 5.43 Å². The summed E-state index contributed by atoms with van der Waals surface area (Å²) in [5.41, 5.74) is -0.0388. The first-order valence-corrected chi connectivity index (χ1v) is 4.55. The van der Waals surface area contributed by atoms with E-state index in [1.165, 1.54) is 6.07 Å². The van der Waals surface area contributed by atoms with Crippen LogP contribution in [0.25, 0.3) is 10.9 Å². The van der Waals surface area contributed by atoms with Gasteiger partial charge in [0.2, 0.25) is 0 Å². The number of carboxylic acids is 1. The summed E-state index contributed by atoms with van der Waals surface area (Å²) in [6.07, 6.45) is 0. The standard InChI is InChI=1S/C11H8FNO3/c1-5-2-8-6(3-7(5)12)10(14)4-9(13-8)11(15)16/h2-4H,1H3,(H,13,14)(H,15,16). The molecule has 2 aromatic rings. The van der Waals surface area contributed by atoms with Crippen molar-refractivity contribution in [3.05, 3.63) is 45.5 Å². The minimum atomic E-state index is -1.22. The number of hydrogen-bond acceptors (Lipinski definition) is 2. The number of hydrogen-bond donors (Lipinski definition) is 2. The Kier molecular flexibility index (Phi) is 2.23. The van der Waals surface area contributed by atoms with Gasteiger partial charge in [-0.1, -0.05) is 0 Å². The molecule has 82 valence electrons. The van der Waals surface area contributed by atoms with E-state index in [-0.39, 0.29) is 11.1 Å². The zero-order chi connectivity index (χ0) is 11.9. The third-order valence-electron chi connectivity index (χ3n) is 2.34. The molecule has 0 fully saturated rings. The van der Waals surface area contributed by atoms with E-state index in [1.807, 2.05) is 0 Å². The van der Waals surface area contributed by atoms with Gasteiger partial charge in [0.1, 0.15) is 11.5 Å². The summed E-state index contributed by atoms with van der Waals surface area (Å²) in [6, 6.07) is 3.47. The molecule has 0 aliphatic heterocycles. The molecule has 16 heavy (non-hydrogen) atoms. The lowest BCUT2D eigenvalue weighted by Crippen LogP contribution is -2.10. The molecule has 0 aliphatic rings. The lowest BCUT2D eigenvalue weighted by Gasteiger charge is -2.02. The number of H-pyrrole nitrogens is 1. The fraction of sp³-hybridized carbons (Fsp3) is 0.0909. The number of halogens is 1. The van der Waals surface area contributed by atoms with Crippen molar-refractivity contribution in [3.63, 3.8) is 0 Å². The quantitative estimate of drug-likeness (QED) is 0.769. The molecule has 1 aromatic carbocycles. The first kappa shape index (κ1) is 10.4. The summed E-state index contributed by atoms with van der Waals surface area (Å²) in [6.45, 7) is 1.54. The van der Waals surface area contributed by atoms with Gasteiger partial charge in [-0.25, -0.2) is 9.18 Å². The number of aromatic amines is 1. The van der Waals surface area contributed by atoms with Crippen LogP contribution in [-0.2, 0) is 0 Å². The third kappa shape index (κ3) is 1.56. The number of nitrogens with one attached hydrogen (secondary N) is 1. The van der Waals surface area contributed by atoms with Crippen molar-refractivity contribution in [1.29, 1.82) is 0 Å². The van der Waals surface area contributed by atoms with Crippen LogP contribution in [0.2, 0.25) is 0 Å². The van der Waals surface area contributed by atoms with Gasteiger partial charge < -0.3 is 10.1 Å². The van der Waals surface area contributed by atoms with Crippen molar-refractivity contribution >= 4 is 16.9 Å². The molecule has 0 atom stereocenters. The Hall–Kier alpha value is -2.17. The monoisotopic (exact) mass is 221 g/mol. The van der Waals surface area contributed by atoms with Crippen LogP contribution in [0.5, 0.6) is 0 Å². The highest BCUT2D eigenvalue weighted by Crippen LogP contribution is 2.14. The number of pyridine rings is 1. The third-order valence-corrected chi connectivity index (χ3v) is 2.34. The Balaban J connectivity index is 2.88. The van der Waals surface area contributed by atoms with Crippen molar-refractivity contribution in [2.24, 2.45) is 0 Å². The Morgan fingerprint density at radius 1 is 1.38 bits per heavy atom. The minimum Gasteiger partial charge on any atom is -0.477 e. The van der Waals surface area contributed by atoms with Crippen molar-refractivity contribution in [2.75, 3.05) is 0 Å². The van der Waals surface area contributed by atoms with Crippen molar-refractivity contribution in [2.45, 2.75) is 6.92 Å². The van der Waals surface area contributed by atoms with Crippen LogP contribution in [0.15, 0.2) is 23.0 Å². The molecule has 4 nitrogen and oxygen atoms in total. The Morgan fingerprint density at radius 2 is 2.06 bits per heavy atom. The Bertz CT molecular complexity index is 645. The SMILES string of the molecule is Cc1cc2[nH]c(C(=O)O)cc(=O)c2cc1F. The second-order valence-corrected chi connectivity index (χ2v) is 3.50. The molecular formula is C11H8FNO3. The molecule has 2 N–H and O–H groups in total. The Morgan fingerprint density at radius 3 is 2.69 bits per heavy atom. The van der Waals surface area contributed by atoms with E-state index in [0.29, 0.717) is 11.1 Å². The predicted molar refractivity (Wildman–Crippen MR) is 56.2 cm³/mol. The number of rotatable bonds is 1. The summed E-state index contributed by atoms with van der Waals surface area (Å²) in [5, 5.41) is 8.89. The number of benzene rings is 1. The van der Waals surface area contributed by atoms with E-state index in [2.05, 4.69) is 4.98 Å². The molecule has 0 unspecified atom stereocenters. The lowest BCUT2D eigenvalue weighted by molar-refractivity contribution is 0.0691. The van der Waals surface area contributed by atoms with Crippen LogP contribution in [0, 0.1) is 12.7 Å². The zero-order valence-corrected chi connectivity index (χ0v) is 8.37. The number of aromatic carboxylic acids is 1. The van der Waals surface area contributed by atoms with E-state index in [9.17, 15) is 14.0 Å². The highest BCUT2D eigenvalue weighted by Gasteiger charge is 2.09. The maximum absolute atomic E-state index is 13.2. The summed E-state index contributed by atoms with van der Waals surface area (Å²) in [7, 11) is 0. The largest absolute Gasteiger partial charge is 0.477 e. The second-order valence-electron chi connectivity index (χ2n) is 3.50. The molecule has 0 radical (unpaired) electrons. The second kappa shape index (κ2) is 3.44. The van der Waals surface area contributed by atoms with Crippen molar-refractivity contribution < 1.29 is 14.3 Å². The molecule has 0 saturated carbocycles. The smallest absolute Gasteiger partial charge is 0.352 e. The molecule has 1 aromatic heterocycles. The summed E-state index contributed by atoms with van der Waals surface area (Å²) in [5.74, 6) is -1.71. The zero-order valence-electron chi connectivity index (χ0n) is 8.37. The van der Waals surface area contributed by atoms with Gasteiger partial charge >= 0.3 is 5.97 Å². The summed E-state index contributed by atoms with van der Waals surface area (Å²) < 4.78 is 13.2. The first-order chi connectivity index (χ1) is 7.49. The van der Waals surface area contributed by atoms with Crippen LogP contribution < -0.4 is 5.43 Å². The van der Waals surface area contributed by atoms with E-state index in [4.69, 9.17) is 5.11 Å². The van der Waals surface area contributed by atoms with Crippen LogP contribution in [0.4, 0.5) is 4.39 Å². The van der Waals surface area contributed by atoms with Gasteiger partial charge in [-0.05, 0) is 24.6 Å². The van der Waals surface area contributed by atoms with Gasteiger partial charge in [-0.2, -0.15) is 0 Å². The van der Waals surface area contributed by atoms with E-state index in [1.54, 1.807) is 6.92 Å². The summed E-state index contributed by atoms with van der Waals surface area (Å²) >= 11 is 0. The predicted octanol–water partition coefficient (Wildman–Crippen LogP) is 1.67. The van der Waals surface area contributed by atoms with E-state index >= 15 is 0 Å². The molecule has 1 heterocycles. The Labute approximate surface area is 89.3 Å². The van der Waals surface area contributed by atoms with Gasteiger partial charge in [0, 0.05) is 11.5 Å². The molecule has 5 heteroatoms. The van der Waals surface area contributed by atoms with Gasteiger partial charge in [0.05, 0.1) is 5.52 Å². The molecule has 2 rings (SSSR count). The van der Waals surface area contributed by atoms with Gasteiger partial charge in [-0.3, -0.25) is 4.79 Å². The minimum absolute atomic E-state index is 0.146. The molecule has 0 aliphatic carbocycles. The molecule has 0 spiro atoms. The highest BCUT2D eigenvalue weighted by molar-refractivity contribution is 5.89. The van der Waals surface area contributed by atoms with Crippen molar-refractivity contribution in [3.8, 4) is 0 Å². The van der Waals surface area contributed by atoms with Crippen LogP contribution in [0.1, 0.15) is 16.1 Å². The fourth-order valence-electron chi connectivity index (χ4n) is 1.49. The van der Waals surface area contributed by atoms with Gasteiger partial charge in [0.25, 0.3) is 0 Å². The van der Waals surface area contributed by atoms with Crippen LogP contribution in [0.3, 0.4) is 0 Å². The average molecular weight is 221 g/mol. The topological polar surface area (TPSA) is 70.2 Å². The maximum atomic E-state index is 13.2. The average Bonchev–Trinajstić information content (AvgIpc) is 2.20. The number of aromatic nitrogens is 1. The van der Waals surface area contributed by atoms with E-state index < -0.39 is 17.2 Å². The van der Waals surface area contributed by atoms with E-state index in [0.717, 1.165) is 12.1 Å². The lowest BCUT2D eigenvalue weighted by atomic mass is 10.1. The van der Waals surface area contributed by atoms with Crippen molar-refractivity contribution in [1.82, 2.24) is 4.98 Å². The molecular weight excluding hydrogens is 213 g/mol. The number of aryl methyl sites for hydroxylation is 1. The summed E-state index contributed by atoms with van der Waals surface area (Å²) in [4.78, 5) is 24.8. The van der Waals surface area contributed by atoms with Crippen LogP contribution >= 0.6 is 0 Å². The highest BCUT2D eigenvalue weighted by atomic mass is 19.1. The maximum Gasteiger partial charge on any atom is 0.352 e. The fourth-order valence-corrected chi connectivity index (χ4v) is 1.49.